The quantitative estimate of drug-likeness (QED) is 0.413. The number of carbonyl (C=O) groups is 2. The molecule has 3 N–H and O–H groups in total. The molecule has 3 heterocycles. The highest BCUT2D eigenvalue weighted by atomic mass is 35.5. The number of aromatic amines is 1. The third-order valence-corrected chi connectivity index (χ3v) is 7.87. The largest absolute Gasteiger partial charge is 0.377 e. The van der Waals surface area contributed by atoms with Gasteiger partial charge >= 0.3 is 0 Å². The van der Waals surface area contributed by atoms with Gasteiger partial charge in [0.25, 0.3) is 11.8 Å². The van der Waals surface area contributed by atoms with Crippen LogP contribution in [-0.2, 0) is 11.2 Å². The van der Waals surface area contributed by atoms with Crippen molar-refractivity contribution in [1.82, 2.24) is 30.5 Å². The van der Waals surface area contributed by atoms with Crippen LogP contribution < -0.4 is 15.5 Å². The standard InChI is InChI=1S/C23H36ClN7O3S/c1-6-15-19(24)29-20(27-15)22(33)28-16-9-11-31(13-17(16)34-5)23-26-14(4)18(35-23)21(32)25-10-12-30(7-2)8-3/h16-17H,6-13H2,1-5H3,(H,25,32)(H,27,29)(H,28,33)/t16-,17+/m0/s1. The van der Waals surface area contributed by atoms with Crippen molar-refractivity contribution in [2.75, 3.05) is 51.3 Å². The Morgan fingerprint density at radius 2 is 2.00 bits per heavy atom. The molecule has 2 aromatic heterocycles. The summed E-state index contributed by atoms with van der Waals surface area (Å²) in [5, 5.41) is 7.14. The Labute approximate surface area is 215 Å². The average Bonchev–Trinajstić information content (AvgIpc) is 3.44. The molecule has 2 aromatic rings. The van der Waals surface area contributed by atoms with E-state index in [1.165, 1.54) is 11.3 Å². The van der Waals surface area contributed by atoms with Crippen LogP contribution in [0, 0.1) is 6.92 Å². The summed E-state index contributed by atoms with van der Waals surface area (Å²) in [5.41, 5.74) is 1.46. The number of aromatic nitrogens is 3. The third kappa shape index (κ3) is 6.72. The van der Waals surface area contributed by atoms with Crippen LogP contribution in [-0.4, -0.2) is 90.2 Å². The molecule has 0 aliphatic carbocycles. The van der Waals surface area contributed by atoms with Crippen molar-refractivity contribution in [3.63, 3.8) is 0 Å². The van der Waals surface area contributed by atoms with Crippen molar-refractivity contribution in [3.05, 3.63) is 27.2 Å². The highest BCUT2D eigenvalue weighted by Crippen LogP contribution is 2.29. The fraction of sp³-hybridized carbons (Fsp3) is 0.652. The SMILES string of the molecule is CCc1[nH]c(C(=O)N[C@H]2CCN(c3nc(C)c(C(=O)NCCN(CC)CC)s3)C[C@H]2OC)nc1Cl. The average molecular weight is 526 g/mol. The molecule has 2 amide bonds. The van der Waals surface area contributed by atoms with Crippen molar-refractivity contribution in [2.24, 2.45) is 0 Å². The maximum Gasteiger partial charge on any atom is 0.287 e. The minimum atomic E-state index is -0.305. The number of imidazole rings is 1. The van der Waals surface area contributed by atoms with Crippen molar-refractivity contribution in [2.45, 2.75) is 52.7 Å². The number of rotatable bonds is 11. The summed E-state index contributed by atoms with van der Waals surface area (Å²) in [6, 6.07) is -0.179. The summed E-state index contributed by atoms with van der Waals surface area (Å²) in [4.78, 5) is 42.2. The molecule has 0 spiro atoms. The number of aryl methyl sites for hydroxylation is 2. The Morgan fingerprint density at radius 3 is 2.63 bits per heavy atom. The second-order valence-corrected chi connectivity index (χ2v) is 9.83. The van der Waals surface area contributed by atoms with Crippen LogP contribution in [0.1, 0.15) is 58.9 Å². The lowest BCUT2D eigenvalue weighted by Gasteiger charge is -2.37. The topological polar surface area (TPSA) is 115 Å². The number of anilines is 1. The zero-order valence-electron chi connectivity index (χ0n) is 21.1. The van der Waals surface area contributed by atoms with Gasteiger partial charge in [-0.15, -0.1) is 0 Å². The molecule has 1 aliphatic heterocycles. The molecule has 3 rings (SSSR count). The van der Waals surface area contributed by atoms with Gasteiger partial charge in [0.15, 0.2) is 16.1 Å². The summed E-state index contributed by atoms with van der Waals surface area (Å²) >= 11 is 7.47. The zero-order valence-corrected chi connectivity index (χ0v) is 22.7. The van der Waals surface area contributed by atoms with Crippen LogP contribution in [0.25, 0.3) is 0 Å². The molecule has 1 aliphatic rings. The summed E-state index contributed by atoms with van der Waals surface area (Å²) in [6.45, 7) is 12.6. The lowest BCUT2D eigenvalue weighted by Crippen LogP contribution is -2.55. The van der Waals surface area contributed by atoms with Crippen LogP contribution in [0.2, 0.25) is 5.15 Å². The van der Waals surface area contributed by atoms with Gasteiger partial charge in [0.05, 0.1) is 23.5 Å². The first-order valence-electron chi connectivity index (χ1n) is 12.1. The van der Waals surface area contributed by atoms with Crippen molar-refractivity contribution in [1.29, 1.82) is 0 Å². The molecule has 2 atom stereocenters. The van der Waals surface area contributed by atoms with Crippen LogP contribution in [0.4, 0.5) is 5.13 Å². The Kier molecular flexibility index (Phi) is 9.90. The maximum absolute atomic E-state index is 12.7. The molecule has 194 valence electrons. The van der Waals surface area contributed by atoms with Crippen LogP contribution in [0.3, 0.4) is 0 Å². The number of thiazole rings is 1. The summed E-state index contributed by atoms with van der Waals surface area (Å²) < 4.78 is 5.70. The van der Waals surface area contributed by atoms with E-state index in [-0.39, 0.29) is 29.8 Å². The van der Waals surface area contributed by atoms with E-state index < -0.39 is 0 Å². The normalized spacial score (nSPS) is 18.2. The van der Waals surface area contributed by atoms with E-state index in [4.69, 9.17) is 16.3 Å². The molecular weight excluding hydrogens is 490 g/mol. The van der Waals surface area contributed by atoms with Gasteiger partial charge < -0.3 is 30.2 Å². The molecule has 0 unspecified atom stereocenters. The molecule has 0 aromatic carbocycles. The molecule has 1 fully saturated rings. The van der Waals surface area contributed by atoms with Crippen molar-refractivity contribution < 1.29 is 14.3 Å². The van der Waals surface area contributed by atoms with Gasteiger partial charge in [0.1, 0.15) is 4.88 Å². The molecule has 0 bridgehead atoms. The van der Waals surface area contributed by atoms with Crippen LogP contribution >= 0.6 is 22.9 Å². The second-order valence-electron chi connectivity index (χ2n) is 8.49. The first-order valence-corrected chi connectivity index (χ1v) is 13.3. The number of ether oxygens (including phenoxy) is 1. The van der Waals surface area contributed by atoms with E-state index in [9.17, 15) is 9.59 Å². The first-order chi connectivity index (χ1) is 16.8. The van der Waals surface area contributed by atoms with Crippen LogP contribution in [0.5, 0.6) is 0 Å². The van der Waals surface area contributed by atoms with E-state index in [1.54, 1.807) is 7.11 Å². The van der Waals surface area contributed by atoms with Gasteiger partial charge in [-0.2, -0.15) is 0 Å². The third-order valence-electron chi connectivity index (χ3n) is 6.35. The van der Waals surface area contributed by atoms with Crippen LogP contribution in [0.15, 0.2) is 0 Å². The number of amides is 2. The number of piperidine rings is 1. The maximum atomic E-state index is 12.7. The minimum Gasteiger partial charge on any atom is -0.377 e. The van der Waals surface area contributed by atoms with Gasteiger partial charge in [-0.05, 0) is 32.9 Å². The van der Waals surface area contributed by atoms with Gasteiger partial charge in [-0.1, -0.05) is 43.7 Å². The lowest BCUT2D eigenvalue weighted by molar-refractivity contribution is 0.0538. The van der Waals surface area contributed by atoms with E-state index in [1.807, 2.05) is 13.8 Å². The number of nitrogens with one attached hydrogen (secondary N) is 3. The number of hydrogen-bond acceptors (Lipinski definition) is 8. The summed E-state index contributed by atoms with van der Waals surface area (Å²) in [7, 11) is 1.63. The highest BCUT2D eigenvalue weighted by Gasteiger charge is 2.33. The molecular formula is C23H36ClN7O3S. The van der Waals surface area contributed by atoms with Crippen molar-refractivity contribution >= 4 is 39.9 Å². The van der Waals surface area contributed by atoms with E-state index >= 15 is 0 Å². The number of H-pyrrole nitrogens is 1. The van der Waals surface area contributed by atoms with E-state index in [2.05, 4.69) is 49.2 Å². The van der Waals surface area contributed by atoms with E-state index in [0.29, 0.717) is 42.5 Å². The Morgan fingerprint density at radius 1 is 1.26 bits per heavy atom. The molecule has 0 radical (unpaired) electrons. The number of nitrogens with zero attached hydrogens (tertiary/aromatic N) is 4. The highest BCUT2D eigenvalue weighted by molar-refractivity contribution is 7.17. The number of likely N-dealkylation sites (N-methyl/N-ethyl adjacent to an activating group) is 1. The monoisotopic (exact) mass is 525 g/mol. The first kappa shape index (κ1) is 27.4. The van der Waals surface area contributed by atoms with Gasteiger partial charge in [-0.3, -0.25) is 9.59 Å². The Bertz CT molecular complexity index is 1010. The molecule has 35 heavy (non-hydrogen) atoms. The predicted molar refractivity (Wildman–Crippen MR) is 139 cm³/mol. The van der Waals surface area contributed by atoms with E-state index in [0.717, 1.165) is 36.2 Å². The summed E-state index contributed by atoms with van der Waals surface area (Å²) in [6.07, 6.45) is 1.10. The fourth-order valence-electron chi connectivity index (χ4n) is 4.14. The smallest absolute Gasteiger partial charge is 0.287 e. The number of methoxy groups -OCH3 is 1. The number of hydrogen-bond donors (Lipinski definition) is 3. The Balaban J connectivity index is 1.59. The molecule has 0 saturated carbocycles. The summed E-state index contributed by atoms with van der Waals surface area (Å²) in [5.74, 6) is -0.190. The van der Waals surface area contributed by atoms with Gasteiger partial charge in [0, 0.05) is 33.3 Å². The number of carbonyl (C=O) groups excluding carboxylic acids is 2. The molecule has 12 heteroatoms. The fourth-order valence-corrected chi connectivity index (χ4v) is 5.42. The van der Waals surface area contributed by atoms with Gasteiger partial charge in [-0.25, -0.2) is 9.97 Å². The predicted octanol–water partition coefficient (Wildman–Crippen LogP) is 2.49. The van der Waals surface area contributed by atoms with Gasteiger partial charge in [0.2, 0.25) is 0 Å². The van der Waals surface area contributed by atoms with Crippen molar-refractivity contribution in [3.8, 4) is 0 Å². The zero-order chi connectivity index (χ0) is 25.5. The second kappa shape index (κ2) is 12.7. The minimum absolute atomic E-state index is 0.0904. The number of halogens is 1. The molecule has 10 nitrogen and oxygen atoms in total. The molecule has 1 saturated heterocycles. The lowest BCUT2D eigenvalue weighted by atomic mass is 10.0. The Hall–Kier alpha value is -2.21.